The molecule has 7 heteroatoms. The van der Waals surface area contributed by atoms with Gasteiger partial charge in [-0.1, -0.05) is 70.5 Å². The Morgan fingerprint density at radius 2 is 1.75 bits per heavy atom. The van der Waals surface area contributed by atoms with Crippen LogP contribution in [0.5, 0.6) is 5.75 Å². The topological polar surface area (TPSA) is 87.7 Å². The summed E-state index contributed by atoms with van der Waals surface area (Å²) in [4.78, 5) is 25.9. The number of rotatable bonds is 7. The lowest BCUT2D eigenvalue weighted by atomic mass is 9.78. The number of phenolic OH excluding ortho intramolecular Hbond substituents is 1. The predicted molar refractivity (Wildman–Crippen MR) is 126 cm³/mol. The second-order valence-corrected chi connectivity index (χ2v) is 7.83. The van der Waals surface area contributed by atoms with Crippen molar-refractivity contribution in [2.24, 2.45) is 0 Å². The Morgan fingerprint density at radius 1 is 1.06 bits per heavy atom. The summed E-state index contributed by atoms with van der Waals surface area (Å²) in [6.07, 6.45) is 5.36. The molecule has 0 bridgehead atoms. The van der Waals surface area contributed by atoms with Gasteiger partial charge in [-0.2, -0.15) is 0 Å². The van der Waals surface area contributed by atoms with Crippen molar-refractivity contribution in [2.45, 2.75) is 11.6 Å². The predicted octanol–water partition coefficient (Wildman–Crippen LogP) is 4.13. The highest BCUT2D eigenvalue weighted by Gasteiger charge is 2.51. The number of hydrogen-bond acceptors (Lipinski definition) is 5. The average molecular weight is 493 g/mol. The number of halogens is 1. The molecule has 3 rings (SSSR count). The van der Waals surface area contributed by atoms with Crippen LogP contribution in [0.2, 0.25) is 0 Å². The minimum atomic E-state index is -1.76. The Balaban J connectivity index is 2.33. The minimum Gasteiger partial charge on any atom is -0.506 e. The van der Waals surface area contributed by atoms with Crippen molar-refractivity contribution in [2.75, 3.05) is 12.4 Å². The van der Waals surface area contributed by atoms with Crippen LogP contribution < -0.4 is 10.6 Å². The van der Waals surface area contributed by atoms with Gasteiger partial charge in [0.1, 0.15) is 5.75 Å². The van der Waals surface area contributed by atoms with Crippen LogP contribution in [0.1, 0.15) is 17.2 Å². The van der Waals surface area contributed by atoms with Crippen LogP contribution in [0.25, 0.3) is 0 Å². The fourth-order valence-electron chi connectivity index (χ4n) is 3.55. The number of carbonyl (C=O) groups excluding carboxylic acids is 2. The fraction of sp³-hybridized carbons (Fsp3) is 0.120. The highest BCUT2D eigenvalue weighted by molar-refractivity contribution is 9.10. The molecule has 3 N–H and O–H groups in total. The number of phenols is 1. The van der Waals surface area contributed by atoms with Crippen LogP contribution in [0.3, 0.4) is 0 Å². The van der Waals surface area contributed by atoms with E-state index in [0.29, 0.717) is 16.8 Å². The largest absolute Gasteiger partial charge is 0.506 e. The smallest absolute Gasteiger partial charge is 0.338 e. The summed E-state index contributed by atoms with van der Waals surface area (Å²) in [6, 6.07) is 21.6. The number of esters is 1. The minimum absolute atomic E-state index is 0.0254. The zero-order chi connectivity index (χ0) is 23.1. The van der Waals surface area contributed by atoms with E-state index in [-0.39, 0.29) is 5.75 Å². The molecule has 0 aliphatic heterocycles. The molecule has 0 aliphatic rings. The van der Waals surface area contributed by atoms with Crippen LogP contribution in [0, 0.1) is 12.3 Å². The molecular formula is C25H21BrN2O4. The first kappa shape index (κ1) is 22.9. The molecular weight excluding hydrogens is 472 g/mol. The quantitative estimate of drug-likeness (QED) is 0.262. The van der Waals surface area contributed by atoms with Crippen molar-refractivity contribution in [3.8, 4) is 18.1 Å². The second kappa shape index (κ2) is 10.0. The molecule has 0 fully saturated rings. The molecule has 2 atom stereocenters. The van der Waals surface area contributed by atoms with Crippen LogP contribution in [-0.2, 0) is 19.9 Å². The van der Waals surface area contributed by atoms with E-state index in [1.165, 1.54) is 13.2 Å². The summed E-state index contributed by atoms with van der Waals surface area (Å²) < 4.78 is 5.94. The lowest BCUT2D eigenvalue weighted by molar-refractivity contribution is -0.152. The van der Waals surface area contributed by atoms with E-state index in [1.807, 2.05) is 12.0 Å². The van der Waals surface area contributed by atoms with Crippen LogP contribution in [0.15, 0.2) is 83.3 Å². The van der Waals surface area contributed by atoms with Gasteiger partial charge in [0.25, 0.3) is 5.91 Å². The summed E-state index contributed by atoms with van der Waals surface area (Å²) in [5.74, 6) is 0.463. The lowest BCUT2D eigenvalue weighted by Crippen LogP contribution is -2.58. The molecule has 1 amide bonds. The molecule has 0 spiro atoms. The van der Waals surface area contributed by atoms with E-state index in [2.05, 4.69) is 26.6 Å². The Kier molecular flexibility index (Phi) is 7.18. The van der Waals surface area contributed by atoms with Gasteiger partial charge in [0, 0.05) is 4.47 Å². The molecule has 6 nitrogen and oxygen atoms in total. The van der Waals surface area contributed by atoms with Gasteiger partial charge >= 0.3 is 5.97 Å². The maximum absolute atomic E-state index is 13.4. The van der Waals surface area contributed by atoms with E-state index in [9.17, 15) is 14.7 Å². The number of ether oxygens (including phenoxy) is 1. The van der Waals surface area contributed by atoms with Gasteiger partial charge in [-0.15, -0.1) is 6.42 Å². The van der Waals surface area contributed by atoms with Gasteiger partial charge in [-0.3, -0.25) is 4.79 Å². The first-order valence-corrected chi connectivity index (χ1v) is 10.4. The van der Waals surface area contributed by atoms with Crippen LogP contribution in [0.4, 0.5) is 5.69 Å². The second-order valence-electron chi connectivity index (χ2n) is 6.91. The Morgan fingerprint density at radius 3 is 2.38 bits per heavy atom. The van der Waals surface area contributed by atoms with Gasteiger partial charge < -0.3 is 20.5 Å². The molecule has 0 aliphatic carbocycles. The summed E-state index contributed by atoms with van der Waals surface area (Å²) in [5.41, 5.74) is -0.322. The molecule has 162 valence electrons. The SMILES string of the molecule is C#CC(=O)N[C@@](C(=O)OC)(c1ccccc1)[C@@H](Nc1ccccc1O)c1cccc(Br)c1. The van der Waals surface area contributed by atoms with E-state index in [4.69, 9.17) is 11.2 Å². The molecule has 0 aromatic heterocycles. The number of terminal acetylenes is 1. The third-order valence-electron chi connectivity index (χ3n) is 5.00. The Labute approximate surface area is 194 Å². The number of aromatic hydroxyl groups is 1. The zero-order valence-electron chi connectivity index (χ0n) is 17.2. The van der Waals surface area contributed by atoms with Gasteiger partial charge in [-0.25, -0.2) is 4.79 Å². The molecule has 0 unspecified atom stereocenters. The van der Waals surface area contributed by atoms with Gasteiger partial charge in [0.2, 0.25) is 0 Å². The number of methoxy groups -OCH3 is 1. The molecule has 0 radical (unpaired) electrons. The van der Waals surface area contributed by atoms with Gasteiger partial charge in [0.15, 0.2) is 5.54 Å². The van der Waals surface area contributed by atoms with Gasteiger partial charge in [-0.05, 0) is 41.3 Å². The number of anilines is 1. The van der Waals surface area contributed by atoms with Crippen molar-refractivity contribution in [1.82, 2.24) is 5.32 Å². The number of hydrogen-bond donors (Lipinski definition) is 3. The monoisotopic (exact) mass is 492 g/mol. The standard InChI is InChI=1S/C25H21BrN2O4/c1-3-22(30)28-25(24(31)32-2,18-11-5-4-6-12-18)23(17-10-9-13-19(26)16-17)27-20-14-7-8-15-21(20)29/h1,4-16,23,27,29H,2H3,(H,28,30)/t23-,25-/m0/s1. The van der Waals surface area contributed by atoms with Crippen LogP contribution in [-0.4, -0.2) is 24.1 Å². The van der Waals surface area contributed by atoms with E-state index >= 15 is 0 Å². The molecule has 32 heavy (non-hydrogen) atoms. The van der Waals surface area contributed by atoms with Crippen molar-refractivity contribution in [3.63, 3.8) is 0 Å². The van der Waals surface area contributed by atoms with E-state index in [1.54, 1.807) is 66.7 Å². The molecule has 3 aromatic carbocycles. The number of carbonyl (C=O) groups is 2. The molecule has 3 aromatic rings. The Bertz CT molecular complexity index is 1160. The third-order valence-corrected chi connectivity index (χ3v) is 5.49. The van der Waals surface area contributed by atoms with E-state index < -0.39 is 23.5 Å². The normalized spacial score (nSPS) is 13.2. The van der Waals surface area contributed by atoms with Crippen molar-refractivity contribution in [3.05, 3.63) is 94.5 Å². The maximum Gasteiger partial charge on any atom is 0.338 e. The van der Waals surface area contributed by atoms with Crippen LogP contribution >= 0.6 is 15.9 Å². The Hall–Kier alpha value is -3.76. The maximum atomic E-state index is 13.4. The molecule has 0 saturated heterocycles. The van der Waals surface area contributed by atoms with E-state index in [0.717, 1.165) is 4.47 Å². The molecule has 0 heterocycles. The average Bonchev–Trinajstić information content (AvgIpc) is 2.82. The molecule has 0 saturated carbocycles. The first-order chi connectivity index (χ1) is 15.4. The lowest BCUT2D eigenvalue weighted by Gasteiger charge is -2.40. The number of benzene rings is 3. The van der Waals surface area contributed by atoms with Crippen molar-refractivity contribution >= 4 is 33.5 Å². The number of para-hydroxylation sites is 2. The highest BCUT2D eigenvalue weighted by Crippen LogP contribution is 2.41. The zero-order valence-corrected chi connectivity index (χ0v) is 18.8. The summed E-state index contributed by atoms with van der Waals surface area (Å²) in [7, 11) is 1.24. The fourth-order valence-corrected chi connectivity index (χ4v) is 3.97. The van der Waals surface area contributed by atoms with Crippen molar-refractivity contribution in [1.29, 1.82) is 0 Å². The number of amides is 1. The summed E-state index contributed by atoms with van der Waals surface area (Å²) >= 11 is 3.46. The summed E-state index contributed by atoms with van der Waals surface area (Å²) in [6.45, 7) is 0. The van der Waals surface area contributed by atoms with Crippen molar-refractivity contribution < 1.29 is 19.4 Å². The summed E-state index contributed by atoms with van der Waals surface area (Å²) in [5, 5.41) is 16.3. The van der Waals surface area contributed by atoms with Gasteiger partial charge in [0.05, 0.1) is 18.8 Å². The highest BCUT2D eigenvalue weighted by atomic mass is 79.9. The number of nitrogens with one attached hydrogen (secondary N) is 2. The third kappa shape index (κ3) is 4.61. The first-order valence-electron chi connectivity index (χ1n) is 9.65.